The lowest BCUT2D eigenvalue weighted by Crippen LogP contribution is -2.38. The minimum absolute atomic E-state index is 0.00678. The fraction of sp³-hybridized carbons (Fsp3) is 0.179. The molecule has 0 atom stereocenters. The van der Waals surface area contributed by atoms with Gasteiger partial charge in [0.1, 0.15) is 18.8 Å². The highest BCUT2D eigenvalue weighted by Crippen LogP contribution is 2.35. The summed E-state index contributed by atoms with van der Waals surface area (Å²) < 4.78 is 5.82. The molecule has 0 aliphatic carbocycles. The number of halogens is 2. The van der Waals surface area contributed by atoms with Gasteiger partial charge >= 0.3 is 6.03 Å². The predicted octanol–water partition coefficient (Wildman–Crippen LogP) is 5.97. The average molecular weight is 538 g/mol. The summed E-state index contributed by atoms with van der Waals surface area (Å²) in [6, 6.07) is 17.7. The number of aryl methyl sites for hydroxylation is 2. The van der Waals surface area contributed by atoms with Gasteiger partial charge in [0.2, 0.25) is 5.91 Å². The number of benzene rings is 3. The van der Waals surface area contributed by atoms with Crippen molar-refractivity contribution < 1.29 is 19.1 Å². The van der Waals surface area contributed by atoms with Crippen molar-refractivity contribution in [2.45, 2.75) is 26.9 Å². The number of amides is 4. The highest BCUT2D eigenvalue weighted by Gasteiger charge is 2.35. The SMILES string of the molecule is CCc1ccccc1NC(=O)CN1C(=O)N/C(=C/c2cc(Cl)c(OCc3cccc(C)c3)c(Cl)c2)C1=O. The number of hydrogen-bond acceptors (Lipinski definition) is 4. The molecule has 37 heavy (non-hydrogen) atoms. The van der Waals surface area contributed by atoms with Crippen LogP contribution in [-0.4, -0.2) is 29.3 Å². The van der Waals surface area contributed by atoms with Crippen molar-refractivity contribution in [3.63, 3.8) is 0 Å². The Bertz CT molecular complexity index is 1380. The molecule has 190 valence electrons. The standard InChI is InChI=1S/C28H25Cl2N3O4/c1-3-20-9-4-5-10-23(20)31-25(34)15-33-27(35)24(32-28(33)36)14-19-12-21(29)26(22(30)13-19)37-16-18-8-6-7-17(2)11-18/h4-14H,3,15-16H2,1-2H3,(H,31,34)(H,32,36)/b24-14+. The molecule has 1 saturated heterocycles. The Hall–Kier alpha value is -3.81. The zero-order chi connectivity index (χ0) is 26.5. The molecule has 4 rings (SSSR count). The van der Waals surface area contributed by atoms with E-state index in [2.05, 4.69) is 10.6 Å². The van der Waals surface area contributed by atoms with E-state index in [-0.39, 0.29) is 22.3 Å². The van der Waals surface area contributed by atoms with Crippen molar-refractivity contribution in [2.24, 2.45) is 0 Å². The Balaban J connectivity index is 1.44. The number of nitrogens with one attached hydrogen (secondary N) is 2. The largest absolute Gasteiger partial charge is 0.486 e. The van der Waals surface area contributed by atoms with Crippen LogP contribution in [0.4, 0.5) is 10.5 Å². The molecule has 1 fully saturated rings. The fourth-order valence-electron chi connectivity index (χ4n) is 3.92. The molecular formula is C28H25Cl2N3O4. The van der Waals surface area contributed by atoms with Crippen LogP contribution in [0, 0.1) is 6.92 Å². The molecule has 0 saturated carbocycles. The topological polar surface area (TPSA) is 87.7 Å². The van der Waals surface area contributed by atoms with Crippen LogP contribution in [0.3, 0.4) is 0 Å². The van der Waals surface area contributed by atoms with Gasteiger partial charge in [0.15, 0.2) is 5.75 Å². The van der Waals surface area contributed by atoms with Gasteiger partial charge < -0.3 is 15.4 Å². The maximum atomic E-state index is 12.9. The van der Waals surface area contributed by atoms with Crippen LogP contribution >= 0.6 is 23.2 Å². The maximum Gasteiger partial charge on any atom is 0.329 e. The summed E-state index contributed by atoms with van der Waals surface area (Å²) in [4.78, 5) is 38.7. The quantitative estimate of drug-likeness (QED) is 0.273. The van der Waals surface area contributed by atoms with Gasteiger partial charge in [-0.05, 0) is 54.3 Å². The number of hydrogen-bond donors (Lipinski definition) is 2. The van der Waals surface area contributed by atoms with E-state index in [4.69, 9.17) is 27.9 Å². The van der Waals surface area contributed by atoms with E-state index >= 15 is 0 Å². The van der Waals surface area contributed by atoms with Crippen LogP contribution in [-0.2, 0) is 22.6 Å². The van der Waals surface area contributed by atoms with Gasteiger partial charge in [0, 0.05) is 5.69 Å². The molecule has 7 nitrogen and oxygen atoms in total. The lowest BCUT2D eigenvalue weighted by molar-refractivity contribution is -0.127. The molecule has 0 bridgehead atoms. The van der Waals surface area contributed by atoms with Crippen molar-refractivity contribution in [1.29, 1.82) is 0 Å². The van der Waals surface area contributed by atoms with Crippen molar-refractivity contribution in [2.75, 3.05) is 11.9 Å². The summed E-state index contributed by atoms with van der Waals surface area (Å²) in [6.07, 6.45) is 2.18. The molecule has 0 radical (unpaired) electrons. The molecule has 0 spiro atoms. The Morgan fingerprint density at radius 1 is 1.05 bits per heavy atom. The number of nitrogens with zero attached hydrogens (tertiary/aromatic N) is 1. The Kier molecular flexibility index (Phi) is 8.16. The van der Waals surface area contributed by atoms with E-state index in [0.29, 0.717) is 17.0 Å². The van der Waals surface area contributed by atoms with Crippen molar-refractivity contribution >= 4 is 52.8 Å². The first kappa shape index (κ1) is 26.3. The summed E-state index contributed by atoms with van der Waals surface area (Å²) in [6.45, 7) is 3.83. The summed E-state index contributed by atoms with van der Waals surface area (Å²) in [5, 5.41) is 5.78. The van der Waals surface area contributed by atoms with Crippen LogP contribution in [0.2, 0.25) is 10.0 Å². The Labute approximate surface area is 225 Å². The Morgan fingerprint density at radius 3 is 2.49 bits per heavy atom. The summed E-state index contributed by atoms with van der Waals surface area (Å²) in [5.74, 6) is -0.790. The van der Waals surface area contributed by atoms with Gasteiger partial charge in [-0.3, -0.25) is 9.59 Å². The highest BCUT2D eigenvalue weighted by molar-refractivity contribution is 6.37. The smallest absolute Gasteiger partial charge is 0.329 e. The first-order valence-electron chi connectivity index (χ1n) is 11.6. The molecule has 3 aromatic rings. The zero-order valence-corrected chi connectivity index (χ0v) is 21.8. The first-order chi connectivity index (χ1) is 17.7. The molecular weight excluding hydrogens is 513 g/mol. The number of imide groups is 1. The third-order valence-corrected chi connectivity index (χ3v) is 6.30. The van der Waals surface area contributed by atoms with Crippen LogP contribution in [0.25, 0.3) is 6.08 Å². The molecule has 1 aliphatic heterocycles. The van der Waals surface area contributed by atoms with Gasteiger partial charge in [-0.25, -0.2) is 9.69 Å². The van der Waals surface area contributed by atoms with Crippen molar-refractivity contribution in [1.82, 2.24) is 10.2 Å². The second-order valence-electron chi connectivity index (χ2n) is 8.53. The van der Waals surface area contributed by atoms with Gasteiger partial charge in [0.05, 0.1) is 10.0 Å². The number of carbonyl (C=O) groups excluding carboxylic acids is 3. The Morgan fingerprint density at radius 2 is 1.78 bits per heavy atom. The molecule has 0 unspecified atom stereocenters. The molecule has 3 aromatic carbocycles. The maximum absolute atomic E-state index is 12.9. The summed E-state index contributed by atoms with van der Waals surface area (Å²) >= 11 is 12.8. The van der Waals surface area contributed by atoms with E-state index in [1.165, 1.54) is 6.08 Å². The molecule has 1 aliphatic rings. The predicted molar refractivity (Wildman–Crippen MR) is 145 cm³/mol. The number of para-hydroxylation sites is 1. The number of rotatable bonds is 8. The lowest BCUT2D eigenvalue weighted by Gasteiger charge is -2.13. The summed E-state index contributed by atoms with van der Waals surface area (Å²) in [7, 11) is 0. The normalized spacial score (nSPS) is 14.2. The average Bonchev–Trinajstić information content (AvgIpc) is 3.11. The second kappa shape index (κ2) is 11.5. The third kappa shape index (κ3) is 6.31. The first-order valence-corrected chi connectivity index (χ1v) is 12.4. The number of ether oxygens (including phenoxy) is 1. The van der Waals surface area contributed by atoms with Gasteiger partial charge in [-0.15, -0.1) is 0 Å². The highest BCUT2D eigenvalue weighted by atomic mass is 35.5. The van der Waals surface area contributed by atoms with Crippen LogP contribution in [0.15, 0.2) is 66.4 Å². The van der Waals surface area contributed by atoms with E-state index in [1.807, 2.05) is 50.2 Å². The van der Waals surface area contributed by atoms with Crippen LogP contribution in [0.5, 0.6) is 5.75 Å². The third-order valence-electron chi connectivity index (χ3n) is 5.73. The lowest BCUT2D eigenvalue weighted by atomic mass is 10.1. The molecule has 0 aromatic heterocycles. The second-order valence-corrected chi connectivity index (χ2v) is 9.34. The van der Waals surface area contributed by atoms with Gasteiger partial charge in [-0.2, -0.15) is 0 Å². The van der Waals surface area contributed by atoms with Gasteiger partial charge in [0.25, 0.3) is 5.91 Å². The van der Waals surface area contributed by atoms with Gasteiger partial charge in [-0.1, -0.05) is 78.2 Å². The van der Waals surface area contributed by atoms with E-state index in [9.17, 15) is 14.4 Å². The van der Waals surface area contributed by atoms with E-state index in [1.54, 1.807) is 24.3 Å². The van der Waals surface area contributed by atoms with Crippen LogP contribution < -0.4 is 15.4 Å². The molecule has 2 N–H and O–H groups in total. The number of anilines is 1. The minimum Gasteiger partial charge on any atom is -0.486 e. The fourth-order valence-corrected chi connectivity index (χ4v) is 4.54. The number of urea groups is 1. The molecule has 9 heteroatoms. The zero-order valence-electron chi connectivity index (χ0n) is 20.3. The van der Waals surface area contributed by atoms with Crippen molar-refractivity contribution in [3.8, 4) is 5.75 Å². The minimum atomic E-state index is -0.689. The molecule has 1 heterocycles. The molecule has 4 amide bonds. The van der Waals surface area contributed by atoms with Crippen molar-refractivity contribution in [3.05, 3.63) is 98.7 Å². The van der Waals surface area contributed by atoms with E-state index in [0.717, 1.165) is 28.0 Å². The van der Waals surface area contributed by atoms with Crippen LogP contribution in [0.1, 0.15) is 29.2 Å². The number of carbonyl (C=O) groups is 3. The van der Waals surface area contributed by atoms with E-state index < -0.39 is 24.4 Å². The summed E-state index contributed by atoms with van der Waals surface area (Å²) in [5.41, 5.74) is 4.18. The monoisotopic (exact) mass is 537 g/mol.